The number of ether oxygens (including phenoxy) is 2. The molecule has 230 valence electrons. The number of nitrogens with zero attached hydrogens (tertiary/aromatic N) is 3. The predicted molar refractivity (Wildman–Crippen MR) is 170 cm³/mol. The summed E-state index contributed by atoms with van der Waals surface area (Å²) in [5.41, 5.74) is 2.36. The molecule has 0 radical (unpaired) electrons. The van der Waals surface area contributed by atoms with Crippen molar-refractivity contribution in [3.63, 3.8) is 0 Å². The van der Waals surface area contributed by atoms with E-state index in [4.69, 9.17) is 32.7 Å². The van der Waals surface area contributed by atoms with E-state index in [2.05, 4.69) is 15.1 Å². The average molecular weight is 620 g/mol. The monoisotopic (exact) mass is 618 g/mol. The summed E-state index contributed by atoms with van der Waals surface area (Å²) in [5.74, 6) is 0.557. The molecule has 8 nitrogen and oxygen atoms in total. The number of nitrogens with one attached hydrogen (secondary N) is 1. The lowest BCUT2D eigenvalue weighted by Crippen LogP contribution is -2.51. The maximum absolute atomic E-state index is 13.1. The van der Waals surface area contributed by atoms with Gasteiger partial charge in [0.05, 0.1) is 28.0 Å². The van der Waals surface area contributed by atoms with Gasteiger partial charge in [-0.1, -0.05) is 49.2 Å². The van der Waals surface area contributed by atoms with E-state index in [0.29, 0.717) is 35.2 Å². The lowest BCUT2D eigenvalue weighted by atomic mass is 9.98. The van der Waals surface area contributed by atoms with Gasteiger partial charge in [0.2, 0.25) is 5.91 Å². The third kappa shape index (κ3) is 8.45. The molecular formula is C32H44Cl2N4O4. The number of halogens is 2. The number of anilines is 2. The van der Waals surface area contributed by atoms with Crippen LogP contribution in [0.1, 0.15) is 59.4 Å². The van der Waals surface area contributed by atoms with Crippen molar-refractivity contribution >= 4 is 46.6 Å². The van der Waals surface area contributed by atoms with Crippen molar-refractivity contribution in [2.75, 3.05) is 49.1 Å². The second-order valence-corrected chi connectivity index (χ2v) is 13.2. The number of hydrogen-bond donors (Lipinski definition) is 1. The van der Waals surface area contributed by atoms with Crippen LogP contribution in [0.15, 0.2) is 36.4 Å². The number of unbranched alkanes of at least 4 members (excludes halogenated alkanes) is 1. The number of piperazine rings is 1. The average Bonchev–Trinajstić information content (AvgIpc) is 2.92. The Morgan fingerprint density at radius 2 is 1.74 bits per heavy atom. The number of rotatable bonds is 10. The number of aryl methyl sites for hydroxylation is 1. The van der Waals surface area contributed by atoms with Gasteiger partial charge in [0.1, 0.15) is 5.75 Å². The highest BCUT2D eigenvalue weighted by Gasteiger charge is 2.35. The summed E-state index contributed by atoms with van der Waals surface area (Å²) in [7, 11) is 0. The van der Waals surface area contributed by atoms with E-state index in [1.54, 1.807) is 4.90 Å². The topological polar surface area (TPSA) is 74.3 Å². The van der Waals surface area contributed by atoms with E-state index in [1.165, 1.54) is 0 Å². The van der Waals surface area contributed by atoms with Crippen molar-refractivity contribution < 1.29 is 19.1 Å². The summed E-state index contributed by atoms with van der Waals surface area (Å²) in [4.78, 5) is 32.1. The van der Waals surface area contributed by atoms with Gasteiger partial charge >= 0.3 is 6.09 Å². The third-order valence-corrected chi connectivity index (χ3v) is 8.31. The molecule has 4 rings (SSSR count). The van der Waals surface area contributed by atoms with Crippen LogP contribution in [-0.4, -0.2) is 68.0 Å². The zero-order chi connectivity index (χ0) is 30.4. The summed E-state index contributed by atoms with van der Waals surface area (Å²) >= 11 is 12.6. The van der Waals surface area contributed by atoms with Crippen LogP contribution in [0.4, 0.5) is 16.2 Å². The molecule has 1 unspecified atom stereocenters. The fourth-order valence-electron chi connectivity index (χ4n) is 5.35. The molecule has 10 heteroatoms. The fourth-order valence-corrected chi connectivity index (χ4v) is 5.77. The van der Waals surface area contributed by atoms with Gasteiger partial charge < -0.3 is 19.7 Å². The molecule has 2 aliphatic heterocycles. The summed E-state index contributed by atoms with van der Waals surface area (Å²) < 4.78 is 11.9. The molecule has 42 heavy (non-hydrogen) atoms. The van der Waals surface area contributed by atoms with E-state index < -0.39 is 17.9 Å². The van der Waals surface area contributed by atoms with E-state index in [-0.39, 0.29) is 11.8 Å². The van der Waals surface area contributed by atoms with Crippen molar-refractivity contribution in [3.05, 3.63) is 52.0 Å². The molecule has 1 atom stereocenters. The largest absolute Gasteiger partial charge is 0.494 e. The Kier molecular flexibility index (Phi) is 10.9. The number of benzene rings is 2. The molecule has 2 aromatic rings. The van der Waals surface area contributed by atoms with Crippen molar-refractivity contribution in [2.24, 2.45) is 5.92 Å². The highest BCUT2D eigenvalue weighted by atomic mass is 35.5. The molecule has 2 aliphatic rings. The molecule has 2 aromatic carbocycles. The smallest absolute Gasteiger partial charge is 0.409 e. The molecule has 0 aromatic heterocycles. The van der Waals surface area contributed by atoms with Crippen LogP contribution >= 0.6 is 23.2 Å². The van der Waals surface area contributed by atoms with Crippen LogP contribution < -0.4 is 19.9 Å². The highest BCUT2D eigenvalue weighted by molar-refractivity contribution is 6.43. The summed E-state index contributed by atoms with van der Waals surface area (Å²) in [5, 5.41) is 4.04. The first-order valence-corrected chi connectivity index (χ1v) is 15.7. The van der Waals surface area contributed by atoms with Crippen LogP contribution in [0, 0.1) is 5.92 Å². The number of carbonyl (C=O) groups is 2. The minimum absolute atomic E-state index is 0.0559. The molecule has 2 amide bonds. The van der Waals surface area contributed by atoms with E-state index in [0.717, 1.165) is 62.5 Å². The Labute approximate surface area is 260 Å². The van der Waals surface area contributed by atoms with E-state index in [1.807, 2.05) is 71.0 Å². The van der Waals surface area contributed by atoms with Crippen molar-refractivity contribution in [1.29, 1.82) is 0 Å². The third-order valence-electron chi connectivity index (χ3n) is 7.50. The molecule has 0 saturated carbocycles. The summed E-state index contributed by atoms with van der Waals surface area (Å²) in [6.45, 7) is 15.0. The van der Waals surface area contributed by atoms with Gasteiger partial charge in [-0.05, 0) is 70.3 Å². The molecule has 0 bridgehead atoms. The second kappa shape index (κ2) is 14.2. The molecule has 0 aliphatic carbocycles. The second-order valence-electron chi connectivity index (χ2n) is 12.4. The lowest BCUT2D eigenvalue weighted by Gasteiger charge is -2.38. The Bertz CT molecular complexity index is 1240. The maximum atomic E-state index is 13.1. The van der Waals surface area contributed by atoms with Crippen molar-refractivity contribution in [2.45, 2.75) is 72.1 Å². The quantitative estimate of drug-likeness (QED) is 0.297. The number of amides is 2. The standard InChI is InChI=1S/C32H44Cl2N4O4/c1-22(2)30(42-31(40)35-32(3,4)5)38-27-21-24(13-11-23(27)12-14-28(38)39)41-20-7-6-15-36-16-18-37(19-17-36)26-10-8-9-25(33)29(26)34/h8-11,13,21-22,30H,6-7,12,14-20H2,1-5H3,(H,35,40). The highest BCUT2D eigenvalue weighted by Crippen LogP contribution is 2.35. The predicted octanol–water partition coefficient (Wildman–Crippen LogP) is 6.76. The van der Waals surface area contributed by atoms with Gasteiger partial charge in [-0.15, -0.1) is 0 Å². The van der Waals surface area contributed by atoms with Crippen molar-refractivity contribution in [3.8, 4) is 5.75 Å². The molecule has 1 fully saturated rings. The maximum Gasteiger partial charge on any atom is 0.409 e. The molecule has 1 N–H and O–H groups in total. The zero-order valence-corrected chi connectivity index (χ0v) is 26.9. The first-order valence-electron chi connectivity index (χ1n) is 14.9. The summed E-state index contributed by atoms with van der Waals surface area (Å²) in [6.07, 6.45) is 1.72. The Morgan fingerprint density at radius 1 is 1.00 bits per heavy atom. The Hall–Kier alpha value is -2.68. The number of carbonyl (C=O) groups excluding carboxylic acids is 2. The minimum Gasteiger partial charge on any atom is -0.494 e. The SMILES string of the molecule is CC(C)C(OC(=O)NC(C)(C)C)N1C(=O)CCc2ccc(OCCCCN3CCN(c4cccc(Cl)c4Cl)CC3)cc21. The Morgan fingerprint density at radius 3 is 2.43 bits per heavy atom. The molecule has 2 heterocycles. The van der Waals surface area contributed by atoms with Gasteiger partial charge in [0.25, 0.3) is 0 Å². The molecule has 1 saturated heterocycles. The van der Waals surface area contributed by atoms with Gasteiger partial charge in [-0.25, -0.2) is 4.79 Å². The van der Waals surface area contributed by atoms with Gasteiger partial charge in [-0.2, -0.15) is 0 Å². The van der Waals surface area contributed by atoms with Crippen LogP contribution in [0.3, 0.4) is 0 Å². The first-order chi connectivity index (χ1) is 19.9. The van der Waals surface area contributed by atoms with Crippen LogP contribution in [-0.2, 0) is 16.0 Å². The van der Waals surface area contributed by atoms with Crippen LogP contribution in [0.2, 0.25) is 10.0 Å². The van der Waals surface area contributed by atoms with Gasteiger partial charge in [0, 0.05) is 50.1 Å². The molecular weight excluding hydrogens is 575 g/mol. The van der Waals surface area contributed by atoms with Gasteiger partial charge in [0.15, 0.2) is 6.23 Å². The van der Waals surface area contributed by atoms with E-state index >= 15 is 0 Å². The molecule has 0 spiro atoms. The van der Waals surface area contributed by atoms with Crippen molar-refractivity contribution in [1.82, 2.24) is 10.2 Å². The number of alkyl carbamates (subject to hydrolysis) is 1. The Balaban J connectivity index is 1.28. The van der Waals surface area contributed by atoms with E-state index in [9.17, 15) is 9.59 Å². The minimum atomic E-state index is -0.718. The number of fused-ring (bicyclic) bond motifs is 1. The van der Waals surface area contributed by atoms with Crippen LogP contribution in [0.5, 0.6) is 5.75 Å². The fraction of sp³-hybridized carbons (Fsp3) is 0.562. The zero-order valence-electron chi connectivity index (χ0n) is 25.4. The number of hydrogen-bond acceptors (Lipinski definition) is 6. The lowest BCUT2D eigenvalue weighted by molar-refractivity contribution is -0.121. The van der Waals surface area contributed by atoms with Crippen LogP contribution in [0.25, 0.3) is 0 Å². The normalized spacial score (nSPS) is 16.8. The summed E-state index contributed by atoms with van der Waals surface area (Å²) in [6, 6.07) is 11.7. The first kappa shape index (κ1) is 32.2. The van der Waals surface area contributed by atoms with Gasteiger partial charge in [-0.3, -0.25) is 14.6 Å².